The van der Waals surface area contributed by atoms with Gasteiger partial charge in [-0.1, -0.05) is 12.1 Å². The summed E-state index contributed by atoms with van der Waals surface area (Å²) in [6, 6.07) is 11.0. The van der Waals surface area contributed by atoms with Crippen molar-refractivity contribution < 1.29 is 14.3 Å². The van der Waals surface area contributed by atoms with E-state index < -0.39 is 6.10 Å². The number of thiazole rings is 1. The fraction of sp³-hybridized carbons (Fsp3) is 0.118. The van der Waals surface area contributed by atoms with E-state index in [0.717, 1.165) is 11.3 Å². The highest BCUT2D eigenvalue weighted by atomic mass is 32.1. The van der Waals surface area contributed by atoms with Crippen LogP contribution in [0.25, 0.3) is 11.3 Å². The van der Waals surface area contributed by atoms with Crippen molar-refractivity contribution in [2.24, 2.45) is 0 Å². The Morgan fingerprint density at radius 3 is 2.79 bits per heavy atom. The Labute approximate surface area is 142 Å². The number of benzene rings is 1. The molecular weight excluding hydrogens is 326 g/mol. The highest BCUT2D eigenvalue weighted by Crippen LogP contribution is 2.31. The van der Waals surface area contributed by atoms with Crippen LogP contribution in [0.4, 0.5) is 5.13 Å². The lowest BCUT2D eigenvalue weighted by molar-refractivity contribution is -0.125. The number of carbonyl (C=O) groups excluding carboxylic acids is 1. The number of nitrogens with zero attached hydrogens (tertiary/aromatic N) is 2. The quantitative estimate of drug-likeness (QED) is 0.794. The first kappa shape index (κ1) is 14.6. The van der Waals surface area contributed by atoms with Crippen molar-refractivity contribution in [3.63, 3.8) is 0 Å². The van der Waals surface area contributed by atoms with Gasteiger partial charge in [0, 0.05) is 23.3 Å². The van der Waals surface area contributed by atoms with Crippen molar-refractivity contribution in [3.8, 4) is 22.8 Å². The maximum absolute atomic E-state index is 12.4. The second kappa shape index (κ2) is 6.29. The molecule has 2 aromatic heterocycles. The van der Waals surface area contributed by atoms with Gasteiger partial charge in [0.25, 0.3) is 5.91 Å². The predicted molar refractivity (Wildman–Crippen MR) is 90.3 cm³/mol. The van der Waals surface area contributed by atoms with Gasteiger partial charge in [-0.05, 0) is 24.3 Å². The lowest BCUT2D eigenvalue weighted by atomic mass is 10.2. The van der Waals surface area contributed by atoms with Gasteiger partial charge in [-0.3, -0.25) is 15.1 Å². The average Bonchev–Trinajstić information content (AvgIpc) is 3.10. The van der Waals surface area contributed by atoms with Crippen LogP contribution >= 0.6 is 11.3 Å². The molecule has 0 saturated heterocycles. The molecule has 3 aromatic rings. The number of rotatable bonds is 3. The van der Waals surface area contributed by atoms with Gasteiger partial charge >= 0.3 is 0 Å². The van der Waals surface area contributed by atoms with Gasteiger partial charge in [-0.2, -0.15) is 0 Å². The molecule has 1 aromatic carbocycles. The van der Waals surface area contributed by atoms with Gasteiger partial charge in [0.05, 0.1) is 5.69 Å². The van der Waals surface area contributed by atoms with E-state index in [1.807, 2.05) is 35.7 Å². The van der Waals surface area contributed by atoms with Gasteiger partial charge in [0.1, 0.15) is 6.61 Å². The normalized spacial score (nSPS) is 15.8. The van der Waals surface area contributed by atoms with E-state index in [0.29, 0.717) is 16.6 Å². The number of para-hydroxylation sites is 2. The molecule has 0 fully saturated rings. The van der Waals surface area contributed by atoms with Crippen LogP contribution in [0.5, 0.6) is 11.5 Å². The van der Waals surface area contributed by atoms with E-state index in [9.17, 15) is 4.79 Å². The molecule has 1 N–H and O–H groups in total. The van der Waals surface area contributed by atoms with Gasteiger partial charge < -0.3 is 9.47 Å². The fourth-order valence-corrected chi connectivity index (χ4v) is 3.04. The Balaban J connectivity index is 1.45. The third-order valence-electron chi connectivity index (χ3n) is 3.51. The van der Waals surface area contributed by atoms with Crippen molar-refractivity contribution in [1.82, 2.24) is 9.97 Å². The molecule has 0 saturated carbocycles. The van der Waals surface area contributed by atoms with Gasteiger partial charge in [0.2, 0.25) is 6.10 Å². The summed E-state index contributed by atoms with van der Waals surface area (Å²) in [4.78, 5) is 20.8. The molecular formula is C17H13N3O3S. The average molecular weight is 339 g/mol. The number of pyridine rings is 1. The second-order valence-corrected chi connectivity index (χ2v) is 5.99. The standard InChI is InChI=1S/C17H13N3O3S/c21-16(15-9-22-13-3-1-2-4-14(13)23-15)20-17-19-12(10-24-17)11-5-7-18-8-6-11/h1-8,10,15H,9H2,(H,19,20,21)/t15-/m1/s1. The topological polar surface area (TPSA) is 73.3 Å². The number of amides is 1. The summed E-state index contributed by atoms with van der Waals surface area (Å²) in [5.41, 5.74) is 1.75. The first-order valence-electron chi connectivity index (χ1n) is 7.35. The monoisotopic (exact) mass is 339 g/mol. The fourth-order valence-electron chi connectivity index (χ4n) is 2.32. The Kier molecular flexibility index (Phi) is 3.84. The maximum atomic E-state index is 12.4. The van der Waals surface area contributed by atoms with Crippen molar-refractivity contribution in [3.05, 3.63) is 54.2 Å². The molecule has 1 amide bonds. The highest BCUT2D eigenvalue weighted by molar-refractivity contribution is 7.14. The van der Waals surface area contributed by atoms with Crippen LogP contribution in [-0.2, 0) is 4.79 Å². The number of hydrogen-bond acceptors (Lipinski definition) is 6. The summed E-state index contributed by atoms with van der Waals surface area (Å²) in [7, 11) is 0. The summed E-state index contributed by atoms with van der Waals surface area (Å²) < 4.78 is 11.2. The van der Waals surface area contributed by atoms with Crippen LogP contribution in [-0.4, -0.2) is 28.6 Å². The summed E-state index contributed by atoms with van der Waals surface area (Å²) in [6.07, 6.45) is 2.71. The minimum Gasteiger partial charge on any atom is -0.485 e. The van der Waals surface area contributed by atoms with Crippen molar-refractivity contribution in [1.29, 1.82) is 0 Å². The Hall–Kier alpha value is -2.93. The summed E-state index contributed by atoms with van der Waals surface area (Å²) in [5, 5.41) is 5.19. The Morgan fingerprint density at radius 2 is 1.96 bits per heavy atom. The van der Waals surface area contributed by atoms with E-state index >= 15 is 0 Å². The van der Waals surface area contributed by atoms with Crippen molar-refractivity contribution in [2.75, 3.05) is 11.9 Å². The molecule has 24 heavy (non-hydrogen) atoms. The Bertz CT molecular complexity index is 866. The SMILES string of the molecule is O=C(Nc1nc(-c2ccncc2)cs1)[C@H]1COc2ccccc2O1. The number of hydrogen-bond donors (Lipinski definition) is 1. The summed E-state index contributed by atoms with van der Waals surface area (Å²) >= 11 is 1.36. The molecule has 4 rings (SSSR count). The van der Waals surface area contributed by atoms with Gasteiger partial charge in [-0.25, -0.2) is 4.98 Å². The van der Waals surface area contributed by atoms with Crippen LogP contribution in [0.3, 0.4) is 0 Å². The first-order chi connectivity index (χ1) is 11.8. The summed E-state index contributed by atoms with van der Waals surface area (Å²) in [6.45, 7) is 0.172. The third-order valence-corrected chi connectivity index (χ3v) is 4.27. The lowest BCUT2D eigenvalue weighted by Crippen LogP contribution is -2.40. The summed E-state index contributed by atoms with van der Waals surface area (Å²) in [5.74, 6) is 0.941. The molecule has 0 aliphatic carbocycles. The van der Waals surface area contributed by atoms with Crippen LogP contribution in [0.1, 0.15) is 0 Å². The molecule has 0 radical (unpaired) electrons. The van der Waals surface area contributed by atoms with Gasteiger partial charge in [0.15, 0.2) is 16.6 Å². The van der Waals surface area contributed by atoms with E-state index in [1.54, 1.807) is 18.5 Å². The number of ether oxygens (including phenoxy) is 2. The van der Waals surface area contributed by atoms with Gasteiger partial charge in [-0.15, -0.1) is 11.3 Å². The number of fused-ring (bicyclic) bond motifs is 1. The van der Waals surface area contributed by atoms with E-state index in [-0.39, 0.29) is 12.5 Å². The molecule has 1 aliphatic rings. The highest BCUT2D eigenvalue weighted by Gasteiger charge is 2.27. The van der Waals surface area contributed by atoms with Crippen LogP contribution in [0.2, 0.25) is 0 Å². The molecule has 6 nitrogen and oxygen atoms in total. The predicted octanol–water partition coefficient (Wildman–Crippen LogP) is 2.98. The second-order valence-electron chi connectivity index (χ2n) is 5.13. The molecule has 1 aliphatic heterocycles. The number of nitrogens with one attached hydrogen (secondary N) is 1. The third kappa shape index (κ3) is 2.93. The number of anilines is 1. The molecule has 7 heteroatoms. The molecule has 0 bridgehead atoms. The van der Waals surface area contributed by atoms with E-state index in [1.165, 1.54) is 11.3 Å². The van der Waals surface area contributed by atoms with Crippen LogP contribution < -0.4 is 14.8 Å². The zero-order valence-corrected chi connectivity index (χ0v) is 13.3. The minimum absolute atomic E-state index is 0.172. The smallest absolute Gasteiger partial charge is 0.270 e. The van der Waals surface area contributed by atoms with Crippen LogP contribution in [0.15, 0.2) is 54.2 Å². The van der Waals surface area contributed by atoms with E-state index in [2.05, 4.69) is 15.3 Å². The zero-order chi connectivity index (χ0) is 16.4. The molecule has 3 heterocycles. The number of carbonyl (C=O) groups is 1. The minimum atomic E-state index is -0.701. The first-order valence-corrected chi connectivity index (χ1v) is 8.23. The van der Waals surface area contributed by atoms with Crippen molar-refractivity contribution in [2.45, 2.75) is 6.10 Å². The maximum Gasteiger partial charge on any atom is 0.270 e. The Morgan fingerprint density at radius 1 is 1.17 bits per heavy atom. The molecule has 120 valence electrons. The zero-order valence-electron chi connectivity index (χ0n) is 12.5. The van der Waals surface area contributed by atoms with Crippen LogP contribution in [0, 0.1) is 0 Å². The molecule has 1 atom stereocenters. The molecule has 0 spiro atoms. The van der Waals surface area contributed by atoms with E-state index in [4.69, 9.17) is 9.47 Å². The number of aromatic nitrogens is 2. The molecule has 0 unspecified atom stereocenters. The largest absolute Gasteiger partial charge is 0.485 e. The van der Waals surface area contributed by atoms with Crippen molar-refractivity contribution >= 4 is 22.4 Å². The lowest BCUT2D eigenvalue weighted by Gasteiger charge is -2.25.